The quantitative estimate of drug-likeness (QED) is 0.791. The van der Waals surface area contributed by atoms with Gasteiger partial charge in [-0.15, -0.1) is 0 Å². The van der Waals surface area contributed by atoms with Crippen LogP contribution in [0.15, 0.2) is 24.3 Å². The van der Waals surface area contributed by atoms with Gasteiger partial charge in [0.2, 0.25) is 0 Å². The Labute approximate surface area is 83.5 Å². The number of aliphatic hydroxyl groups is 1. The van der Waals surface area contributed by atoms with E-state index in [-0.39, 0.29) is 0 Å². The molecule has 14 heavy (non-hydrogen) atoms. The van der Waals surface area contributed by atoms with Crippen LogP contribution in [0.4, 0.5) is 0 Å². The Morgan fingerprint density at radius 2 is 1.79 bits per heavy atom. The lowest BCUT2D eigenvalue weighted by molar-refractivity contribution is 0.151. The van der Waals surface area contributed by atoms with Crippen molar-refractivity contribution < 1.29 is 9.84 Å². The summed E-state index contributed by atoms with van der Waals surface area (Å²) in [5.41, 5.74) is 0.513. The minimum atomic E-state index is -0.516. The minimum Gasteiger partial charge on any atom is -0.490 e. The molecule has 1 aromatic rings. The standard InChI is InChI=1S/C12H14O2/c13-12(7-8-12)9-1-3-10(4-2-9)14-11-5-6-11/h1-4,11,13H,5-8H2. The highest BCUT2D eigenvalue weighted by molar-refractivity contribution is 5.33. The summed E-state index contributed by atoms with van der Waals surface area (Å²) in [4.78, 5) is 0. The zero-order chi connectivity index (χ0) is 9.60. The van der Waals surface area contributed by atoms with Crippen molar-refractivity contribution in [2.75, 3.05) is 0 Å². The lowest BCUT2D eigenvalue weighted by Crippen LogP contribution is -2.04. The minimum absolute atomic E-state index is 0.449. The van der Waals surface area contributed by atoms with E-state index in [1.807, 2.05) is 24.3 Å². The SMILES string of the molecule is OC1(c2ccc(OC3CC3)cc2)CC1. The molecule has 0 amide bonds. The van der Waals surface area contributed by atoms with Gasteiger partial charge in [-0.1, -0.05) is 12.1 Å². The topological polar surface area (TPSA) is 29.5 Å². The zero-order valence-electron chi connectivity index (χ0n) is 8.07. The molecule has 0 bridgehead atoms. The van der Waals surface area contributed by atoms with Gasteiger partial charge in [0.15, 0.2) is 0 Å². The first-order valence-electron chi connectivity index (χ1n) is 5.26. The average molecular weight is 190 g/mol. The maximum absolute atomic E-state index is 9.84. The summed E-state index contributed by atoms with van der Waals surface area (Å²) < 4.78 is 5.63. The summed E-state index contributed by atoms with van der Waals surface area (Å²) in [5.74, 6) is 0.931. The molecule has 0 unspecified atom stereocenters. The van der Waals surface area contributed by atoms with Gasteiger partial charge in [-0.05, 0) is 43.4 Å². The third-order valence-corrected chi connectivity index (χ3v) is 2.94. The summed E-state index contributed by atoms with van der Waals surface area (Å²) in [6.07, 6.45) is 4.62. The lowest BCUT2D eigenvalue weighted by Gasteiger charge is -2.09. The second-order valence-electron chi connectivity index (χ2n) is 4.37. The van der Waals surface area contributed by atoms with Crippen LogP contribution < -0.4 is 4.74 Å². The van der Waals surface area contributed by atoms with Crippen LogP contribution in [-0.4, -0.2) is 11.2 Å². The lowest BCUT2D eigenvalue weighted by atomic mass is 10.1. The van der Waals surface area contributed by atoms with Gasteiger partial charge >= 0.3 is 0 Å². The van der Waals surface area contributed by atoms with Crippen LogP contribution in [-0.2, 0) is 5.60 Å². The molecule has 0 spiro atoms. The number of hydrogen-bond acceptors (Lipinski definition) is 2. The first-order chi connectivity index (χ1) is 6.76. The van der Waals surface area contributed by atoms with Gasteiger partial charge < -0.3 is 9.84 Å². The van der Waals surface area contributed by atoms with E-state index >= 15 is 0 Å². The van der Waals surface area contributed by atoms with Crippen molar-refractivity contribution in [3.05, 3.63) is 29.8 Å². The van der Waals surface area contributed by atoms with E-state index in [1.165, 1.54) is 12.8 Å². The summed E-state index contributed by atoms with van der Waals surface area (Å²) in [7, 11) is 0. The summed E-state index contributed by atoms with van der Waals surface area (Å²) in [5, 5.41) is 9.84. The first-order valence-corrected chi connectivity index (χ1v) is 5.26. The number of hydrogen-bond donors (Lipinski definition) is 1. The van der Waals surface area contributed by atoms with Crippen LogP contribution in [0.3, 0.4) is 0 Å². The highest BCUT2D eigenvalue weighted by Crippen LogP contribution is 2.45. The summed E-state index contributed by atoms with van der Waals surface area (Å²) in [6.45, 7) is 0. The number of benzene rings is 1. The van der Waals surface area contributed by atoms with Gasteiger partial charge in [-0.25, -0.2) is 0 Å². The van der Waals surface area contributed by atoms with Crippen molar-refractivity contribution in [1.29, 1.82) is 0 Å². The Morgan fingerprint density at radius 1 is 1.14 bits per heavy atom. The first kappa shape index (κ1) is 8.30. The molecule has 74 valence electrons. The molecule has 2 fully saturated rings. The van der Waals surface area contributed by atoms with Gasteiger partial charge in [0.05, 0.1) is 11.7 Å². The molecule has 0 aromatic heterocycles. The van der Waals surface area contributed by atoms with E-state index in [0.717, 1.165) is 24.2 Å². The third-order valence-electron chi connectivity index (χ3n) is 2.94. The maximum atomic E-state index is 9.84. The van der Waals surface area contributed by atoms with E-state index < -0.39 is 5.60 Å². The molecule has 0 atom stereocenters. The molecule has 2 nitrogen and oxygen atoms in total. The summed E-state index contributed by atoms with van der Waals surface area (Å²) >= 11 is 0. The van der Waals surface area contributed by atoms with Crippen molar-refractivity contribution >= 4 is 0 Å². The van der Waals surface area contributed by atoms with Gasteiger partial charge in [0, 0.05) is 0 Å². The Bertz CT molecular complexity index is 334. The van der Waals surface area contributed by atoms with Crippen molar-refractivity contribution in [2.24, 2.45) is 0 Å². The molecular weight excluding hydrogens is 176 g/mol. The second-order valence-corrected chi connectivity index (χ2v) is 4.37. The van der Waals surface area contributed by atoms with Gasteiger partial charge in [0.1, 0.15) is 5.75 Å². The van der Waals surface area contributed by atoms with Gasteiger partial charge in [-0.3, -0.25) is 0 Å². The van der Waals surface area contributed by atoms with E-state index in [0.29, 0.717) is 6.10 Å². The smallest absolute Gasteiger partial charge is 0.119 e. The van der Waals surface area contributed by atoms with E-state index in [4.69, 9.17) is 4.74 Å². The van der Waals surface area contributed by atoms with E-state index in [1.54, 1.807) is 0 Å². The zero-order valence-corrected chi connectivity index (χ0v) is 8.07. The molecule has 2 aliphatic carbocycles. The van der Waals surface area contributed by atoms with Crippen LogP contribution in [0.5, 0.6) is 5.75 Å². The number of ether oxygens (including phenoxy) is 1. The Balaban J connectivity index is 1.76. The Kier molecular flexibility index (Phi) is 1.62. The van der Waals surface area contributed by atoms with E-state index in [2.05, 4.69) is 0 Å². The van der Waals surface area contributed by atoms with Crippen LogP contribution in [0, 0.1) is 0 Å². The highest BCUT2D eigenvalue weighted by Gasteiger charge is 2.41. The van der Waals surface area contributed by atoms with Crippen LogP contribution >= 0.6 is 0 Å². The molecule has 0 aliphatic heterocycles. The normalized spacial score (nSPS) is 23.2. The van der Waals surface area contributed by atoms with Crippen molar-refractivity contribution in [3.63, 3.8) is 0 Å². The Morgan fingerprint density at radius 3 is 2.29 bits per heavy atom. The summed E-state index contributed by atoms with van der Waals surface area (Å²) in [6, 6.07) is 7.88. The van der Waals surface area contributed by atoms with Gasteiger partial charge in [0.25, 0.3) is 0 Å². The van der Waals surface area contributed by atoms with Gasteiger partial charge in [-0.2, -0.15) is 0 Å². The van der Waals surface area contributed by atoms with Crippen molar-refractivity contribution in [1.82, 2.24) is 0 Å². The predicted molar refractivity (Wildman–Crippen MR) is 53.2 cm³/mol. The maximum Gasteiger partial charge on any atom is 0.119 e. The molecule has 0 heterocycles. The van der Waals surface area contributed by atoms with Crippen molar-refractivity contribution in [3.8, 4) is 5.75 Å². The van der Waals surface area contributed by atoms with Crippen molar-refractivity contribution in [2.45, 2.75) is 37.4 Å². The molecule has 2 saturated carbocycles. The number of rotatable bonds is 3. The molecule has 3 rings (SSSR count). The fourth-order valence-corrected chi connectivity index (χ4v) is 1.63. The molecule has 0 saturated heterocycles. The molecule has 1 aromatic carbocycles. The molecule has 0 radical (unpaired) electrons. The van der Waals surface area contributed by atoms with Crippen LogP contribution in [0.25, 0.3) is 0 Å². The molecule has 2 heteroatoms. The third kappa shape index (κ3) is 1.50. The molecule has 1 N–H and O–H groups in total. The van der Waals surface area contributed by atoms with Crippen LogP contribution in [0.2, 0.25) is 0 Å². The second kappa shape index (κ2) is 2.74. The Hall–Kier alpha value is -1.02. The predicted octanol–water partition coefficient (Wildman–Crippen LogP) is 2.21. The highest BCUT2D eigenvalue weighted by atomic mass is 16.5. The van der Waals surface area contributed by atoms with Crippen LogP contribution in [0.1, 0.15) is 31.2 Å². The van der Waals surface area contributed by atoms with E-state index in [9.17, 15) is 5.11 Å². The molecular formula is C12H14O2. The largest absolute Gasteiger partial charge is 0.490 e. The fraction of sp³-hybridized carbons (Fsp3) is 0.500. The fourth-order valence-electron chi connectivity index (χ4n) is 1.63. The molecule has 2 aliphatic rings. The monoisotopic (exact) mass is 190 g/mol. The average Bonchev–Trinajstić information content (AvgIpc) is 3.06.